The van der Waals surface area contributed by atoms with Gasteiger partial charge in [0.25, 0.3) is 0 Å². The molecule has 0 saturated heterocycles. The monoisotopic (exact) mass is 398 g/mol. The van der Waals surface area contributed by atoms with Gasteiger partial charge in [0.1, 0.15) is 11.1 Å². The third-order valence-corrected chi connectivity index (χ3v) is 4.37. The second kappa shape index (κ2) is 7.66. The minimum atomic E-state index is -4.49. The number of ether oxygens (including phenoxy) is 1. The Hall–Kier alpha value is -2.45. The third-order valence-electron chi connectivity index (χ3n) is 4.10. The topological polar surface area (TPSA) is 59.5 Å². The second-order valence-electron chi connectivity index (χ2n) is 6.06. The number of Topliss-reactive ketones (excluding diaryl/α,β-unsaturated/α-hetero) is 1. The minimum absolute atomic E-state index is 0.0632. The Kier molecular flexibility index (Phi) is 5.48. The van der Waals surface area contributed by atoms with Crippen LogP contribution in [0, 0.1) is 0 Å². The van der Waals surface area contributed by atoms with Gasteiger partial charge >= 0.3 is 6.18 Å². The molecule has 0 fully saturated rings. The molecular formula is C18H14ClF3N2O3. The first-order valence-electron chi connectivity index (χ1n) is 7.93. The molecule has 1 aromatic heterocycles. The van der Waals surface area contributed by atoms with E-state index in [1.54, 1.807) is 17.0 Å². The lowest BCUT2D eigenvalue weighted by Gasteiger charge is -2.22. The molecule has 3 rings (SSSR count). The van der Waals surface area contributed by atoms with Crippen LogP contribution in [0.1, 0.15) is 22.7 Å². The lowest BCUT2D eigenvalue weighted by Crippen LogP contribution is -2.28. The van der Waals surface area contributed by atoms with E-state index < -0.39 is 24.6 Å². The summed E-state index contributed by atoms with van der Waals surface area (Å²) in [6.45, 7) is -0.800. The Morgan fingerprint density at radius 2 is 2.11 bits per heavy atom. The largest absolute Gasteiger partial charge is 0.467 e. The fraction of sp³-hybridized carbons (Fsp3) is 0.278. The molecule has 0 bridgehead atoms. The van der Waals surface area contributed by atoms with Gasteiger partial charge in [0, 0.05) is 19.3 Å². The number of carbonyl (C=O) groups excluding carboxylic acids is 2. The zero-order valence-electron chi connectivity index (χ0n) is 13.9. The molecule has 27 heavy (non-hydrogen) atoms. The molecule has 5 nitrogen and oxygen atoms in total. The molecule has 0 amide bonds. The van der Waals surface area contributed by atoms with E-state index >= 15 is 0 Å². The van der Waals surface area contributed by atoms with Crippen LogP contribution in [0.25, 0.3) is 0 Å². The molecule has 142 valence electrons. The average molecular weight is 399 g/mol. The van der Waals surface area contributed by atoms with Gasteiger partial charge in [-0.2, -0.15) is 13.2 Å². The Morgan fingerprint density at radius 3 is 2.78 bits per heavy atom. The minimum Gasteiger partial charge on any atom is -0.467 e. The molecule has 1 aromatic carbocycles. The predicted octanol–water partition coefficient (Wildman–Crippen LogP) is 3.50. The van der Waals surface area contributed by atoms with E-state index in [2.05, 4.69) is 9.72 Å². The molecule has 0 N–H and O–H groups in total. The van der Waals surface area contributed by atoms with Crippen molar-refractivity contribution in [2.24, 2.45) is 0 Å². The van der Waals surface area contributed by atoms with E-state index in [1.807, 2.05) is 12.1 Å². The zero-order chi connectivity index (χ0) is 19.6. The quantitative estimate of drug-likeness (QED) is 0.550. The predicted molar refractivity (Wildman–Crippen MR) is 90.3 cm³/mol. The highest BCUT2D eigenvalue weighted by Gasteiger charge is 2.35. The van der Waals surface area contributed by atoms with Crippen LogP contribution in [0.4, 0.5) is 13.2 Å². The van der Waals surface area contributed by atoms with Crippen LogP contribution in [0.15, 0.2) is 36.5 Å². The highest BCUT2D eigenvalue weighted by molar-refractivity contribution is 6.31. The summed E-state index contributed by atoms with van der Waals surface area (Å²) in [5.41, 5.74) is 2.27. The molecular weight excluding hydrogens is 385 g/mol. The van der Waals surface area contributed by atoms with Gasteiger partial charge in [-0.3, -0.25) is 14.5 Å². The normalized spacial score (nSPS) is 16.8. The van der Waals surface area contributed by atoms with E-state index in [0.717, 1.165) is 11.1 Å². The van der Waals surface area contributed by atoms with E-state index in [1.165, 1.54) is 12.3 Å². The zero-order valence-corrected chi connectivity index (χ0v) is 14.6. The standard InChI is InChI=1S/C18H14ClF3N2O3/c19-14-5-11(6-23-17(14)27-10-18(20,21)22)7-24-8-12-3-1-2-4-13(12)16(24)15(26)9-25/h1-6,9,16H,7-8,10H2. The summed E-state index contributed by atoms with van der Waals surface area (Å²) in [7, 11) is 0. The highest BCUT2D eigenvalue weighted by Crippen LogP contribution is 2.35. The van der Waals surface area contributed by atoms with Gasteiger partial charge in [-0.05, 0) is 22.8 Å². The van der Waals surface area contributed by atoms with E-state index in [-0.39, 0.29) is 17.4 Å². The van der Waals surface area contributed by atoms with Crippen molar-refractivity contribution in [3.05, 3.63) is 58.2 Å². The number of nitrogens with zero attached hydrogens (tertiary/aromatic N) is 2. The highest BCUT2D eigenvalue weighted by atomic mass is 35.5. The number of hydrogen-bond donors (Lipinski definition) is 0. The summed E-state index contributed by atoms with van der Waals surface area (Å²) in [5, 5.41) is -0.0632. The van der Waals surface area contributed by atoms with E-state index in [9.17, 15) is 22.8 Å². The van der Waals surface area contributed by atoms with Crippen molar-refractivity contribution in [2.45, 2.75) is 25.3 Å². The molecule has 0 radical (unpaired) electrons. The van der Waals surface area contributed by atoms with Crippen LogP contribution in [0.5, 0.6) is 5.88 Å². The van der Waals surface area contributed by atoms with E-state index in [4.69, 9.17) is 11.6 Å². The number of fused-ring (bicyclic) bond motifs is 1. The number of rotatable bonds is 6. The number of aldehydes is 1. The molecule has 1 aliphatic heterocycles. The molecule has 0 saturated carbocycles. The Morgan fingerprint density at radius 1 is 1.37 bits per heavy atom. The Balaban J connectivity index is 1.77. The number of aromatic nitrogens is 1. The lowest BCUT2D eigenvalue weighted by molar-refractivity contribution is -0.154. The molecule has 1 unspecified atom stereocenters. The number of pyridine rings is 1. The van der Waals surface area contributed by atoms with Gasteiger partial charge in [-0.15, -0.1) is 0 Å². The van der Waals surface area contributed by atoms with Gasteiger partial charge in [-0.1, -0.05) is 35.9 Å². The van der Waals surface area contributed by atoms with Crippen molar-refractivity contribution < 1.29 is 27.5 Å². The first kappa shape index (κ1) is 19.3. The first-order valence-corrected chi connectivity index (χ1v) is 8.31. The summed E-state index contributed by atoms with van der Waals surface area (Å²) in [6.07, 6.45) is -2.87. The van der Waals surface area contributed by atoms with E-state index in [0.29, 0.717) is 18.4 Å². The molecule has 0 aliphatic carbocycles. The van der Waals surface area contributed by atoms with Gasteiger partial charge in [-0.25, -0.2) is 4.98 Å². The lowest BCUT2D eigenvalue weighted by atomic mass is 10.0. The maximum Gasteiger partial charge on any atom is 0.422 e. The van der Waals surface area contributed by atoms with Crippen molar-refractivity contribution in [3.8, 4) is 5.88 Å². The number of alkyl halides is 3. The van der Waals surface area contributed by atoms with Crippen LogP contribution in [0.3, 0.4) is 0 Å². The summed E-state index contributed by atoms with van der Waals surface area (Å²) in [5.74, 6) is -0.882. The average Bonchev–Trinajstić information content (AvgIpc) is 2.97. The molecule has 1 atom stereocenters. The summed E-state index contributed by atoms with van der Waals surface area (Å²) in [6, 6.07) is 8.03. The number of hydrogen-bond acceptors (Lipinski definition) is 5. The maximum absolute atomic E-state index is 12.2. The Bertz CT molecular complexity index is 873. The third kappa shape index (κ3) is 4.45. The number of benzene rings is 1. The maximum atomic E-state index is 12.2. The van der Waals surface area contributed by atoms with Crippen LogP contribution < -0.4 is 4.74 Å². The summed E-state index contributed by atoms with van der Waals surface area (Å²) < 4.78 is 41.3. The number of halogens is 4. The summed E-state index contributed by atoms with van der Waals surface area (Å²) in [4.78, 5) is 28.7. The Labute approximate surface area is 157 Å². The van der Waals surface area contributed by atoms with Gasteiger partial charge in [0.05, 0.1) is 0 Å². The SMILES string of the molecule is O=CC(=O)C1c2ccccc2CN1Cc1cnc(OCC(F)(F)F)c(Cl)c1. The van der Waals surface area contributed by atoms with Crippen LogP contribution >= 0.6 is 11.6 Å². The molecule has 1 aliphatic rings. The number of carbonyl (C=O) groups is 2. The van der Waals surface area contributed by atoms with Crippen molar-refractivity contribution in [1.29, 1.82) is 0 Å². The van der Waals surface area contributed by atoms with Crippen LogP contribution in [0.2, 0.25) is 5.02 Å². The first-order chi connectivity index (χ1) is 12.8. The fourth-order valence-electron chi connectivity index (χ4n) is 3.04. The van der Waals surface area contributed by atoms with Crippen molar-refractivity contribution in [2.75, 3.05) is 6.61 Å². The van der Waals surface area contributed by atoms with Crippen LogP contribution in [-0.2, 0) is 22.7 Å². The molecule has 2 heterocycles. The fourth-order valence-corrected chi connectivity index (χ4v) is 3.28. The summed E-state index contributed by atoms with van der Waals surface area (Å²) >= 11 is 5.96. The molecule has 2 aromatic rings. The smallest absolute Gasteiger partial charge is 0.422 e. The van der Waals surface area contributed by atoms with Crippen molar-refractivity contribution in [1.82, 2.24) is 9.88 Å². The molecule has 9 heteroatoms. The van der Waals surface area contributed by atoms with Gasteiger partial charge in [0.2, 0.25) is 11.7 Å². The van der Waals surface area contributed by atoms with Gasteiger partial charge in [0.15, 0.2) is 12.9 Å². The second-order valence-corrected chi connectivity index (χ2v) is 6.47. The van der Waals surface area contributed by atoms with Crippen LogP contribution in [-0.4, -0.2) is 34.7 Å². The molecule has 0 spiro atoms. The number of ketones is 1. The van der Waals surface area contributed by atoms with Crippen molar-refractivity contribution in [3.63, 3.8) is 0 Å². The van der Waals surface area contributed by atoms with Crippen molar-refractivity contribution >= 4 is 23.7 Å². The van der Waals surface area contributed by atoms with Gasteiger partial charge < -0.3 is 4.74 Å².